The van der Waals surface area contributed by atoms with Gasteiger partial charge in [-0.3, -0.25) is 0 Å². The second-order valence-corrected chi connectivity index (χ2v) is 12.9. The van der Waals surface area contributed by atoms with Crippen LogP contribution in [-0.2, 0) is 11.8 Å². The summed E-state index contributed by atoms with van der Waals surface area (Å²) in [6, 6.07) is 23.5. The molecular weight excluding hydrogens is 580 g/mol. The van der Waals surface area contributed by atoms with Crippen LogP contribution in [0.5, 0.6) is 0 Å². The van der Waals surface area contributed by atoms with Gasteiger partial charge in [0.2, 0.25) is 0 Å². The lowest BCUT2D eigenvalue weighted by atomic mass is 9.69. The van der Waals surface area contributed by atoms with E-state index in [0.717, 1.165) is 6.42 Å². The maximum absolute atomic E-state index is 3.82. The molecule has 0 spiro atoms. The van der Waals surface area contributed by atoms with Gasteiger partial charge in [-0.2, -0.15) is 0 Å². The molecule has 0 N–H and O–H groups in total. The summed E-state index contributed by atoms with van der Waals surface area (Å²) in [5.74, 6) is 0. The van der Waals surface area contributed by atoms with Crippen molar-refractivity contribution in [3.63, 3.8) is 0 Å². The predicted molar refractivity (Wildman–Crippen MR) is 169 cm³/mol. The molecule has 3 aromatic rings. The topological polar surface area (TPSA) is 0 Å². The lowest BCUT2D eigenvalue weighted by Gasteiger charge is -2.34. The average molecular weight is 625 g/mol. The summed E-state index contributed by atoms with van der Waals surface area (Å²) in [6.07, 6.45) is 18.4. The van der Waals surface area contributed by atoms with E-state index >= 15 is 0 Å². The molecule has 198 valence electrons. The molecule has 0 amide bonds. The number of halogens is 2. The molecule has 0 unspecified atom stereocenters. The molecule has 0 radical (unpaired) electrons. The van der Waals surface area contributed by atoms with Gasteiger partial charge < -0.3 is 0 Å². The van der Waals surface area contributed by atoms with Gasteiger partial charge in [0, 0.05) is 14.4 Å². The molecule has 0 atom stereocenters. The number of benzene rings is 3. The molecule has 37 heavy (non-hydrogen) atoms. The molecule has 0 nitrogen and oxygen atoms in total. The van der Waals surface area contributed by atoms with E-state index in [4.69, 9.17) is 0 Å². The SMILES string of the molecule is CCCCCCCCc1cccc(C2(CCCCCCCC)c3cc(Br)ccc3-c3ccc(Br)cc32)c1. The number of hydrogen-bond donors (Lipinski definition) is 0. The fourth-order valence-corrected chi connectivity index (χ4v) is 7.07. The first-order chi connectivity index (χ1) is 18.1. The monoisotopic (exact) mass is 622 g/mol. The van der Waals surface area contributed by atoms with E-state index in [0.29, 0.717) is 0 Å². The molecule has 0 bridgehead atoms. The molecular formula is C35H44Br2. The summed E-state index contributed by atoms with van der Waals surface area (Å²) in [4.78, 5) is 0. The van der Waals surface area contributed by atoms with Crippen LogP contribution in [0.3, 0.4) is 0 Å². The Morgan fingerprint density at radius 3 is 1.70 bits per heavy atom. The van der Waals surface area contributed by atoms with Gasteiger partial charge in [0.25, 0.3) is 0 Å². The Balaban J connectivity index is 1.69. The minimum atomic E-state index is -0.0971. The normalized spacial score (nSPS) is 13.5. The fraction of sp³-hybridized carbons (Fsp3) is 0.486. The molecule has 0 saturated carbocycles. The van der Waals surface area contributed by atoms with Crippen LogP contribution in [0.1, 0.15) is 120 Å². The van der Waals surface area contributed by atoms with Crippen molar-refractivity contribution in [2.45, 2.75) is 109 Å². The Morgan fingerprint density at radius 1 is 0.568 bits per heavy atom. The lowest BCUT2D eigenvalue weighted by molar-refractivity contribution is 0.505. The van der Waals surface area contributed by atoms with Crippen molar-refractivity contribution < 1.29 is 0 Å². The summed E-state index contributed by atoms with van der Waals surface area (Å²) in [5.41, 5.74) is 8.62. The van der Waals surface area contributed by atoms with Crippen molar-refractivity contribution in [1.82, 2.24) is 0 Å². The lowest BCUT2D eigenvalue weighted by Crippen LogP contribution is -2.27. The second-order valence-electron chi connectivity index (χ2n) is 11.0. The smallest absolute Gasteiger partial charge is 0.0464 e. The molecule has 2 heteroatoms. The second kappa shape index (κ2) is 14.1. The Kier molecular flexibility index (Phi) is 10.9. The number of fused-ring (bicyclic) bond motifs is 3. The molecule has 0 heterocycles. The van der Waals surface area contributed by atoms with Gasteiger partial charge in [0.05, 0.1) is 0 Å². The highest BCUT2D eigenvalue weighted by Gasteiger charge is 2.44. The van der Waals surface area contributed by atoms with Gasteiger partial charge in [0.1, 0.15) is 0 Å². The Hall–Kier alpha value is -1.38. The van der Waals surface area contributed by atoms with Crippen LogP contribution in [0.25, 0.3) is 11.1 Å². The van der Waals surface area contributed by atoms with Crippen molar-refractivity contribution in [2.24, 2.45) is 0 Å². The Bertz CT molecular complexity index is 1090. The number of hydrogen-bond acceptors (Lipinski definition) is 0. The molecule has 0 aromatic heterocycles. The molecule has 0 fully saturated rings. The zero-order valence-corrected chi connectivity index (χ0v) is 26.1. The maximum Gasteiger partial charge on any atom is 0.0464 e. The van der Waals surface area contributed by atoms with Crippen LogP contribution < -0.4 is 0 Å². The molecule has 1 aliphatic rings. The number of rotatable bonds is 15. The van der Waals surface area contributed by atoms with Crippen LogP contribution in [0, 0.1) is 0 Å². The van der Waals surface area contributed by atoms with E-state index in [2.05, 4.69) is 106 Å². The van der Waals surface area contributed by atoms with E-state index in [1.165, 1.54) is 126 Å². The Labute approximate surface area is 242 Å². The summed E-state index contributed by atoms with van der Waals surface area (Å²) in [6.45, 7) is 4.60. The zero-order chi connectivity index (χ0) is 26.1. The first-order valence-corrected chi connectivity index (χ1v) is 16.4. The van der Waals surface area contributed by atoms with Crippen molar-refractivity contribution in [2.75, 3.05) is 0 Å². The van der Waals surface area contributed by atoms with Crippen molar-refractivity contribution in [3.8, 4) is 11.1 Å². The third-order valence-electron chi connectivity index (χ3n) is 8.32. The average Bonchev–Trinajstić information content (AvgIpc) is 3.17. The minimum Gasteiger partial charge on any atom is -0.0654 e. The van der Waals surface area contributed by atoms with E-state index in [-0.39, 0.29) is 5.41 Å². The predicted octanol–water partition coefficient (Wildman–Crippen LogP) is 12.2. The van der Waals surface area contributed by atoms with E-state index in [9.17, 15) is 0 Å². The van der Waals surface area contributed by atoms with E-state index in [1.54, 1.807) is 0 Å². The van der Waals surface area contributed by atoms with Crippen LogP contribution in [-0.4, -0.2) is 0 Å². The number of unbranched alkanes of at least 4 members (excludes halogenated alkanes) is 10. The minimum absolute atomic E-state index is 0.0971. The summed E-state index contributed by atoms with van der Waals surface area (Å²) >= 11 is 7.65. The first-order valence-electron chi connectivity index (χ1n) is 14.8. The fourth-order valence-electron chi connectivity index (χ4n) is 6.35. The van der Waals surface area contributed by atoms with Crippen LogP contribution in [0.2, 0.25) is 0 Å². The van der Waals surface area contributed by atoms with Gasteiger partial charge in [-0.1, -0.05) is 153 Å². The quantitative estimate of drug-likeness (QED) is 0.148. The van der Waals surface area contributed by atoms with Crippen molar-refractivity contribution in [3.05, 3.63) is 91.9 Å². The highest BCUT2D eigenvalue weighted by Crippen LogP contribution is 2.56. The van der Waals surface area contributed by atoms with E-state index < -0.39 is 0 Å². The van der Waals surface area contributed by atoms with Gasteiger partial charge in [-0.15, -0.1) is 0 Å². The number of aryl methyl sites for hydroxylation is 1. The molecule has 0 aliphatic heterocycles. The van der Waals surface area contributed by atoms with Gasteiger partial charge in [-0.25, -0.2) is 0 Å². The first kappa shape index (κ1) is 28.6. The van der Waals surface area contributed by atoms with Crippen LogP contribution >= 0.6 is 31.9 Å². The standard InChI is InChI=1S/C35H44Br2/c1-3-5-7-9-11-13-16-27-17-15-18-28(24-27)35(23-14-12-10-8-6-4-2)33-25-29(36)19-21-31(33)32-22-20-30(37)26-34(32)35/h15,17-22,24-26H,3-14,16,23H2,1-2H3. The molecule has 0 saturated heterocycles. The third-order valence-corrected chi connectivity index (χ3v) is 9.30. The molecule has 3 aromatic carbocycles. The largest absolute Gasteiger partial charge is 0.0654 e. The summed E-state index contributed by atoms with van der Waals surface area (Å²) in [7, 11) is 0. The van der Waals surface area contributed by atoms with Crippen LogP contribution in [0.15, 0.2) is 69.6 Å². The summed E-state index contributed by atoms with van der Waals surface area (Å²) in [5, 5.41) is 0. The third kappa shape index (κ3) is 6.80. The zero-order valence-electron chi connectivity index (χ0n) is 22.9. The highest BCUT2D eigenvalue weighted by atomic mass is 79.9. The molecule has 4 rings (SSSR count). The van der Waals surface area contributed by atoms with Gasteiger partial charge in [-0.05, 0) is 76.9 Å². The highest BCUT2D eigenvalue weighted by molar-refractivity contribution is 9.10. The van der Waals surface area contributed by atoms with Gasteiger partial charge in [0.15, 0.2) is 0 Å². The molecule has 1 aliphatic carbocycles. The van der Waals surface area contributed by atoms with Crippen LogP contribution in [0.4, 0.5) is 0 Å². The summed E-state index contributed by atoms with van der Waals surface area (Å²) < 4.78 is 2.35. The maximum atomic E-state index is 3.82. The Morgan fingerprint density at radius 2 is 1.11 bits per heavy atom. The van der Waals surface area contributed by atoms with Gasteiger partial charge >= 0.3 is 0 Å². The van der Waals surface area contributed by atoms with Crippen molar-refractivity contribution >= 4 is 31.9 Å². The van der Waals surface area contributed by atoms with E-state index in [1.807, 2.05) is 0 Å². The van der Waals surface area contributed by atoms with Crippen molar-refractivity contribution in [1.29, 1.82) is 0 Å².